The molecule has 47 heavy (non-hydrogen) atoms. The SMILES string of the molecule is CC(C)(C)OC(=O)N1c2ccccc2C[C@@H]1C(=O)N(CCc1c[nH]c2ccccc12)CC(=O)N1Cc2ccccc2C[C@@H]1CC(=O)O. The summed E-state index contributed by atoms with van der Waals surface area (Å²) in [6.07, 6.45) is 2.26. The van der Waals surface area contributed by atoms with Crippen molar-refractivity contribution >= 4 is 40.5 Å². The van der Waals surface area contributed by atoms with Crippen LogP contribution in [-0.4, -0.2) is 74.5 Å². The zero-order valence-corrected chi connectivity index (χ0v) is 26.9. The molecule has 3 heterocycles. The molecule has 0 aliphatic carbocycles. The molecule has 2 aliphatic heterocycles. The summed E-state index contributed by atoms with van der Waals surface area (Å²) in [5, 5.41) is 10.7. The van der Waals surface area contributed by atoms with E-state index in [1.54, 1.807) is 31.7 Å². The van der Waals surface area contributed by atoms with Crippen molar-refractivity contribution in [3.05, 3.63) is 101 Å². The van der Waals surface area contributed by atoms with Gasteiger partial charge < -0.3 is 24.6 Å². The van der Waals surface area contributed by atoms with Gasteiger partial charge in [0.2, 0.25) is 11.8 Å². The van der Waals surface area contributed by atoms with Crippen LogP contribution >= 0.6 is 0 Å². The van der Waals surface area contributed by atoms with Crippen molar-refractivity contribution in [3.8, 4) is 0 Å². The molecule has 0 saturated carbocycles. The highest BCUT2D eigenvalue weighted by atomic mass is 16.6. The Hall–Kier alpha value is -5.12. The van der Waals surface area contributed by atoms with Gasteiger partial charge in [-0.25, -0.2) is 4.79 Å². The summed E-state index contributed by atoms with van der Waals surface area (Å²) < 4.78 is 5.75. The zero-order chi connectivity index (χ0) is 33.3. The molecule has 0 fully saturated rings. The lowest BCUT2D eigenvalue weighted by Gasteiger charge is -2.38. The molecule has 2 atom stereocenters. The summed E-state index contributed by atoms with van der Waals surface area (Å²) in [6.45, 7) is 5.56. The molecule has 1 aromatic heterocycles. The van der Waals surface area contributed by atoms with Crippen molar-refractivity contribution in [2.24, 2.45) is 0 Å². The van der Waals surface area contributed by atoms with Gasteiger partial charge >= 0.3 is 12.1 Å². The number of H-pyrrole nitrogens is 1. The number of ether oxygens (including phenoxy) is 1. The number of para-hydroxylation sites is 2. The van der Waals surface area contributed by atoms with Gasteiger partial charge in [0.05, 0.1) is 18.7 Å². The first kappa shape index (κ1) is 31.8. The van der Waals surface area contributed by atoms with Crippen molar-refractivity contribution in [2.45, 2.75) is 70.7 Å². The Morgan fingerprint density at radius 2 is 1.60 bits per heavy atom. The molecule has 10 nitrogen and oxygen atoms in total. The first-order valence-electron chi connectivity index (χ1n) is 16.0. The number of aromatic nitrogens is 1. The number of hydrogen-bond donors (Lipinski definition) is 2. The lowest BCUT2D eigenvalue weighted by Crippen LogP contribution is -2.55. The number of amides is 3. The minimum atomic E-state index is -0.990. The van der Waals surface area contributed by atoms with Gasteiger partial charge in [-0.1, -0.05) is 60.7 Å². The molecule has 0 radical (unpaired) electrons. The monoisotopic (exact) mass is 636 g/mol. The third kappa shape index (κ3) is 6.86. The number of carboxylic acids is 1. The van der Waals surface area contributed by atoms with E-state index in [4.69, 9.17) is 4.74 Å². The molecule has 0 saturated heterocycles. The predicted octanol–water partition coefficient (Wildman–Crippen LogP) is 5.33. The number of nitrogens with one attached hydrogen (secondary N) is 1. The van der Waals surface area contributed by atoms with Gasteiger partial charge in [-0.2, -0.15) is 0 Å². The van der Waals surface area contributed by atoms with Crippen LogP contribution in [0.25, 0.3) is 10.9 Å². The molecule has 0 bridgehead atoms. The number of aliphatic carboxylic acids is 1. The molecule has 3 aromatic carbocycles. The summed E-state index contributed by atoms with van der Waals surface area (Å²) in [5.41, 5.74) is 4.62. The van der Waals surface area contributed by atoms with E-state index in [-0.39, 0.29) is 44.3 Å². The summed E-state index contributed by atoms with van der Waals surface area (Å²) in [4.78, 5) is 62.0. The number of carbonyl (C=O) groups excluding carboxylic acids is 3. The molecule has 6 rings (SSSR count). The number of anilines is 1. The Morgan fingerprint density at radius 3 is 2.34 bits per heavy atom. The number of nitrogens with zero attached hydrogens (tertiary/aromatic N) is 3. The summed E-state index contributed by atoms with van der Waals surface area (Å²) in [6, 6.07) is 21.5. The largest absolute Gasteiger partial charge is 0.481 e. The highest BCUT2D eigenvalue weighted by molar-refractivity contribution is 6.01. The van der Waals surface area contributed by atoms with E-state index in [0.717, 1.165) is 33.2 Å². The van der Waals surface area contributed by atoms with Crippen LogP contribution in [0.4, 0.5) is 10.5 Å². The molecule has 0 unspecified atom stereocenters. The summed E-state index contributed by atoms with van der Waals surface area (Å²) >= 11 is 0. The van der Waals surface area contributed by atoms with Gasteiger partial charge in [0, 0.05) is 42.7 Å². The molecule has 3 amide bonds. The Balaban J connectivity index is 1.31. The van der Waals surface area contributed by atoms with Gasteiger partial charge in [-0.15, -0.1) is 0 Å². The summed E-state index contributed by atoms with van der Waals surface area (Å²) in [5.74, 6) is -1.69. The van der Waals surface area contributed by atoms with E-state index in [1.165, 1.54) is 9.80 Å². The first-order valence-corrected chi connectivity index (χ1v) is 16.0. The topological polar surface area (TPSA) is 123 Å². The molecular formula is C37H40N4O6. The second-order valence-corrected chi connectivity index (χ2v) is 13.3. The second-order valence-electron chi connectivity index (χ2n) is 13.3. The van der Waals surface area contributed by atoms with Gasteiger partial charge in [0.25, 0.3) is 0 Å². The second kappa shape index (κ2) is 12.9. The van der Waals surface area contributed by atoms with E-state index >= 15 is 0 Å². The maximum atomic E-state index is 14.6. The van der Waals surface area contributed by atoms with E-state index in [2.05, 4.69) is 4.98 Å². The smallest absolute Gasteiger partial charge is 0.415 e. The van der Waals surface area contributed by atoms with Crippen LogP contribution in [0.15, 0.2) is 79.0 Å². The number of aromatic amines is 1. The molecular weight excluding hydrogens is 596 g/mol. The van der Waals surface area contributed by atoms with Crippen LogP contribution < -0.4 is 4.90 Å². The average Bonchev–Trinajstić information content (AvgIpc) is 3.63. The molecule has 244 valence electrons. The fraction of sp³-hybridized carbons (Fsp3) is 0.351. The van der Waals surface area contributed by atoms with Crippen LogP contribution in [0.1, 0.15) is 49.4 Å². The van der Waals surface area contributed by atoms with Gasteiger partial charge in [-0.3, -0.25) is 19.3 Å². The Labute approximate surface area is 273 Å². The van der Waals surface area contributed by atoms with Gasteiger partial charge in [0.15, 0.2) is 0 Å². The van der Waals surface area contributed by atoms with Crippen LogP contribution in [0, 0.1) is 0 Å². The lowest BCUT2D eigenvalue weighted by molar-refractivity contribution is -0.145. The number of carbonyl (C=O) groups is 4. The van der Waals surface area contributed by atoms with Crippen molar-refractivity contribution in [2.75, 3.05) is 18.0 Å². The maximum absolute atomic E-state index is 14.6. The number of fused-ring (bicyclic) bond motifs is 3. The van der Waals surface area contributed by atoms with Crippen molar-refractivity contribution in [3.63, 3.8) is 0 Å². The van der Waals surface area contributed by atoms with Crippen LogP contribution in [0.3, 0.4) is 0 Å². The molecule has 2 N–H and O–H groups in total. The minimum absolute atomic E-state index is 0.201. The molecule has 10 heteroatoms. The van der Waals surface area contributed by atoms with Crippen LogP contribution in [-0.2, 0) is 44.9 Å². The van der Waals surface area contributed by atoms with Gasteiger partial charge in [-0.05, 0) is 68.0 Å². The Morgan fingerprint density at radius 1 is 0.915 bits per heavy atom. The fourth-order valence-corrected chi connectivity index (χ4v) is 6.71. The average molecular weight is 637 g/mol. The minimum Gasteiger partial charge on any atom is -0.481 e. The van der Waals surface area contributed by atoms with Crippen LogP contribution in [0.2, 0.25) is 0 Å². The van der Waals surface area contributed by atoms with E-state index in [9.17, 15) is 24.3 Å². The normalized spacial score (nSPS) is 17.3. The van der Waals surface area contributed by atoms with Gasteiger partial charge in [0.1, 0.15) is 11.6 Å². The molecule has 4 aromatic rings. The van der Waals surface area contributed by atoms with E-state index < -0.39 is 29.7 Å². The Bertz CT molecular complexity index is 1820. The third-order valence-electron chi connectivity index (χ3n) is 8.90. The quantitative estimate of drug-likeness (QED) is 0.270. The number of rotatable bonds is 8. The summed E-state index contributed by atoms with van der Waals surface area (Å²) in [7, 11) is 0. The number of hydrogen-bond acceptors (Lipinski definition) is 5. The van der Waals surface area contributed by atoms with Crippen LogP contribution in [0.5, 0.6) is 0 Å². The van der Waals surface area contributed by atoms with E-state index in [1.807, 2.05) is 72.9 Å². The Kier molecular flexibility index (Phi) is 8.77. The zero-order valence-electron chi connectivity index (χ0n) is 26.9. The van der Waals surface area contributed by atoms with Crippen molar-refractivity contribution in [1.82, 2.24) is 14.8 Å². The maximum Gasteiger partial charge on any atom is 0.415 e. The fourth-order valence-electron chi connectivity index (χ4n) is 6.71. The van der Waals surface area contributed by atoms with Crippen molar-refractivity contribution < 1.29 is 29.0 Å². The first-order chi connectivity index (χ1) is 22.5. The standard InChI is InChI=1S/C37H40N4O6/c1-37(2,3)47-36(46)41-31-15-9-6-11-25(31)19-32(41)35(45)39(17-16-26-21-38-30-14-8-7-13-29(26)30)23-33(42)40-22-27-12-5-4-10-24(27)18-28(40)20-34(43)44/h4-15,21,28,32,38H,16-20,22-23H2,1-3H3,(H,43,44)/t28-,32-/m1/s1. The lowest BCUT2D eigenvalue weighted by atomic mass is 9.92. The number of benzene rings is 3. The van der Waals surface area contributed by atoms with E-state index in [0.29, 0.717) is 18.5 Å². The predicted molar refractivity (Wildman–Crippen MR) is 178 cm³/mol. The van der Waals surface area contributed by atoms with Crippen molar-refractivity contribution in [1.29, 1.82) is 0 Å². The highest BCUT2D eigenvalue weighted by Gasteiger charge is 2.43. The highest BCUT2D eigenvalue weighted by Crippen LogP contribution is 2.35. The molecule has 2 aliphatic rings. The third-order valence-corrected chi connectivity index (χ3v) is 8.90. The molecule has 0 spiro atoms. The number of carboxylic acid groups (broad SMARTS) is 1.